The van der Waals surface area contributed by atoms with E-state index in [9.17, 15) is 5.11 Å². The van der Waals surface area contributed by atoms with E-state index in [1.54, 1.807) is 17.1 Å². The zero-order chi connectivity index (χ0) is 17.1. The van der Waals surface area contributed by atoms with E-state index in [1.165, 1.54) is 0 Å². The summed E-state index contributed by atoms with van der Waals surface area (Å²) >= 11 is 0. The van der Waals surface area contributed by atoms with Crippen LogP contribution in [-0.4, -0.2) is 53.8 Å². The summed E-state index contributed by atoms with van der Waals surface area (Å²) in [5.74, 6) is 1.26. The van der Waals surface area contributed by atoms with Crippen molar-refractivity contribution in [2.45, 2.75) is 31.5 Å². The Morgan fingerprint density at radius 3 is 2.92 bits per heavy atom. The molecule has 25 heavy (non-hydrogen) atoms. The summed E-state index contributed by atoms with van der Waals surface area (Å²) in [5, 5.41) is 22.5. The molecule has 1 N–H and O–H groups in total. The monoisotopic (exact) mass is 340 g/mol. The third-order valence-electron chi connectivity index (χ3n) is 4.41. The van der Waals surface area contributed by atoms with Gasteiger partial charge in [-0.2, -0.15) is 4.98 Å². The molecule has 3 heterocycles. The summed E-state index contributed by atoms with van der Waals surface area (Å²) in [4.78, 5) is 6.59. The second-order valence-electron chi connectivity index (χ2n) is 6.55. The van der Waals surface area contributed by atoms with Gasteiger partial charge in [-0.05, 0) is 12.0 Å². The third kappa shape index (κ3) is 3.92. The maximum absolute atomic E-state index is 10.7. The van der Waals surface area contributed by atoms with Crippen molar-refractivity contribution in [1.82, 2.24) is 30.0 Å². The molecule has 0 bridgehead atoms. The largest absolute Gasteiger partial charge is 0.387 e. The Kier molecular flexibility index (Phi) is 4.29. The summed E-state index contributed by atoms with van der Waals surface area (Å²) in [5.41, 5.74) is 0.346. The minimum Gasteiger partial charge on any atom is -0.387 e. The first-order chi connectivity index (χ1) is 12.2. The van der Waals surface area contributed by atoms with E-state index in [1.807, 2.05) is 30.3 Å². The summed E-state index contributed by atoms with van der Waals surface area (Å²) in [6.07, 6.45) is 4.70. The lowest BCUT2D eigenvalue weighted by Crippen LogP contribution is -2.37. The first-order valence-corrected chi connectivity index (χ1v) is 8.33. The van der Waals surface area contributed by atoms with Crippen LogP contribution in [0.4, 0.5) is 0 Å². The summed E-state index contributed by atoms with van der Waals surface area (Å²) in [7, 11) is 0. The van der Waals surface area contributed by atoms with Gasteiger partial charge >= 0.3 is 0 Å². The van der Waals surface area contributed by atoms with Crippen molar-refractivity contribution in [3.05, 3.63) is 60.0 Å². The number of likely N-dealkylation sites (tertiary alicyclic amines) is 1. The molecule has 130 valence electrons. The molecular formula is C17H20N6O2. The van der Waals surface area contributed by atoms with E-state index >= 15 is 0 Å². The van der Waals surface area contributed by atoms with Gasteiger partial charge in [-0.3, -0.25) is 4.90 Å². The highest BCUT2D eigenvalue weighted by Crippen LogP contribution is 2.24. The highest BCUT2D eigenvalue weighted by Gasteiger charge is 2.37. The van der Waals surface area contributed by atoms with E-state index in [0.29, 0.717) is 44.2 Å². The highest BCUT2D eigenvalue weighted by atomic mass is 16.5. The van der Waals surface area contributed by atoms with E-state index < -0.39 is 5.60 Å². The van der Waals surface area contributed by atoms with Gasteiger partial charge in [-0.1, -0.05) is 40.7 Å². The van der Waals surface area contributed by atoms with Gasteiger partial charge in [0.15, 0.2) is 5.82 Å². The molecule has 0 amide bonds. The van der Waals surface area contributed by atoms with Gasteiger partial charge in [-0.25, -0.2) is 4.68 Å². The van der Waals surface area contributed by atoms with E-state index in [2.05, 4.69) is 25.4 Å². The summed E-state index contributed by atoms with van der Waals surface area (Å²) in [6, 6.07) is 10.1. The Labute approximate surface area is 145 Å². The predicted octanol–water partition coefficient (Wildman–Crippen LogP) is 0.889. The Hall–Kier alpha value is -2.58. The lowest BCUT2D eigenvalue weighted by atomic mass is 10.0. The van der Waals surface area contributed by atoms with Crippen molar-refractivity contribution >= 4 is 0 Å². The molecular weight excluding hydrogens is 320 g/mol. The van der Waals surface area contributed by atoms with Crippen molar-refractivity contribution in [3.8, 4) is 0 Å². The van der Waals surface area contributed by atoms with Crippen LogP contribution in [-0.2, 0) is 19.5 Å². The number of β-amino-alcohol motifs (C(OH)–C–C–N with tert-alkyl or cyclic N) is 1. The smallest absolute Gasteiger partial charge is 0.240 e. The average molecular weight is 340 g/mol. The maximum Gasteiger partial charge on any atom is 0.240 e. The minimum atomic E-state index is -0.805. The van der Waals surface area contributed by atoms with Gasteiger partial charge in [0.05, 0.1) is 24.9 Å². The standard InChI is InChI=1S/C17H20N6O2/c24-17(13-23-9-7-18-21-23)6-8-22(12-17)11-16-19-15(20-25-16)10-14-4-2-1-3-5-14/h1-5,7,9,24H,6,8,10-13H2. The number of hydrogen-bond acceptors (Lipinski definition) is 7. The molecule has 1 aliphatic heterocycles. The van der Waals surface area contributed by atoms with Crippen molar-refractivity contribution < 1.29 is 9.63 Å². The molecule has 1 atom stereocenters. The molecule has 1 unspecified atom stereocenters. The zero-order valence-electron chi connectivity index (χ0n) is 13.8. The molecule has 1 fully saturated rings. The molecule has 4 rings (SSSR count). The number of aromatic nitrogens is 5. The Bertz CT molecular complexity index is 804. The lowest BCUT2D eigenvalue weighted by molar-refractivity contribution is 0.0265. The Balaban J connectivity index is 1.34. The molecule has 0 saturated carbocycles. The van der Waals surface area contributed by atoms with Crippen LogP contribution < -0.4 is 0 Å². The van der Waals surface area contributed by atoms with Crippen LogP contribution >= 0.6 is 0 Å². The van der Waals surface area contributed by atoms with Crippen molar-refractivity contribution in [1.29, 1.82) is 0 Å². The van der Waals surface area contributed by atoms with Crippen LogP contribution in [0, 0.1) is 0 Å². The molecule has 0 spiro atoms. The normalized spacial score (nSPS) is 21.0. The second-order valence-corrected chi connectivity index (χ2v) is 6.55. The second kappa shape index (κ2) is 6.73. The summed E-state index contributed by atoms with van der Waals surface area (Å²) < 4.78 is 7.02. The third-order valence-corrected chi connectivity index (χ3v) is 4.41. The fraction of sp³-hybridized carbons (Fsp3) is 0.412. The average Bonchev–Trinajstić information content (AvgIpc) is 3.33. The van der Waals surface area contributed by atoms with Crippen molar-refractivity contribution in [3.63, 3.8) is 0 Å². The van der Waals surface area contributed by atoms with Crippen LogP contribution in [0.25, 0.3) is 0 Å². The summed E-state index contributed by atoms with van der Waals surface area (Å²) in [6.45, 7) is 2.30. The number of benzene rings is 1. The van der Waals surface area contributed by atoms with Crippen LogP contribution in [0.3, 0.4) is 0 Å². The molecule has 1 aliphatic rings. The topological polar surface area (TPSA) is 93.1 Å². The van der Waals surface area contributed by atoms with Gasteiger partial charge in [-0.15, -0.1) is 5.10 Å². The molecule has 2 aromatic heterocycles. The number of rotatable bonds is 6. The van der Waals surface area contributed by atoms with Gasteiger partial charge in [0.25, 0.3) is 0 Å². The van der Waals surface area contributed by atoms with E-state index in [-0.39, 0.29) is 0 Å². The van der Waals surface area contributed by atoms with Crippen LogP contribution in [0.2, 0.25) is 0 Å². The molecule has 3 aromatic rings. The van der Waals surface area contributed by atoms with Crippen LogP contribution in [0.1, 0.15) is 23.7 Å². The molecule has 1 saturated heterocycles. The van der Waals surface area contributed by atoms with Gasteiger partial charge in [0.2, 0.25) is 5.89 Å². The fourth-order valence-electron chi connectivity index (χ4n) is 3.22. The van der Waals surface area contributed by atoms with Crippen LogP contribution in [0.5, 0.6) is 0 Å². The number of nitrogens with zero attached hydrogens (tertiary/aromatic N) is 6. The quantitative estimate of drug-likeness (QED) is 0.712. The molecule has 8 heteroatoms. The SMILES string of the molecule is OC1(Cn2ccnn2)CCN(Cc2nc(Cc3ccccc3)no2)C1. The van der Waals surface area contributed by atoms with Gasteiger partial charge < -0.3 is 9.63 Å². The Morgan fingerprint density at radius 2 is 2.12 bits per heavy atom. The zero-order valence-corrected chi connectivity index (χ0v) is 13.8. The predicted molar refractivity (Wildman–Crippen MR) is 88.4 cm³/mol. The fourth-order valence-corrected chi connectivity index (χ4v) is 3.22. The van der Waals surface area contributed by atoms with Crippen LogP contribution in [0.15, 0.2) is 47.2 Å². The van der Waals surface area contributed by atoms with Gasteiger partial charge in [0, 0.05) is 25.7 Å². The first kappa shape index (κ1) is 15.9. The highest BCUT2D eigenvalue weighted by molar-refractivity contribution is 5.18. The van der Waals surface area contributed by atoms with Crippen molar-refractivity contribution in [2.75, 3.05) is 13.1 Å². The number of hydrogen-bond donors (Lipinski definition) is 1. The molecule has 0 radical (unpaired) electrons. The molecule has 0 aliphatic carbocycles. The number of aliphatic hydroxyl groups is 1. The lowest BCUT2D eigenvalue weighted by Gasteiger charge is -2.22. The maximum atomic E-state index is 10.7. The van der Waals surface area contributed by atoms with E-state index in [4.69, 9.17) is 4.52 Å². The van der Waals surface area contributed by atoms with Gasteiger partial charge in [0.1, 0.15) is 0 Å². The minimum absolute atomic E-state index is 0.437. The molecule has 1 aromatic carbocycles. The van der Waals surface area contributed by atoms with E-state index in [0.717, 1.165) is 12.1 Å². The molecule has 8 nitrogen and oxygen atoms in total. The first-order valence-electron chi connectivity index (χ1n) is 8.33. The Morgan fingerprint density at radius 1 is 1.24 bits per heavy atom. The van der Waals surface area contributed by atoms with Crippen molar-refractivity contribution in [2.24, 2.45) is 0 Å².